The van der Waals surface area contributed by atoms with Gasteiger partial charge in [0.25, 0.3) is 0 Å². The van der Waals surface area contributed by atoms with Gasteiger partial charge in [0, 0.05) is 30.7 Å². The average Bonchev–Trinajstić information content (AvgIpc) is 2.74. The first-order valence-electron chi connectivity index (χ1n) is 10.5. The first-order valence-corrected chi connectivity index (χ1v) is 12.0. The van der Waals surface area contributed by atoms with E-state index >= 15 is 0 Å². The Balaban J connectivity index is 1.82. The number of phosphoric acid groups is 1. The summed E-state index contributed by atoms with van der Waals surface area (Å²) < 4.78 is 38.5. The highest BCUT2D eigenvalue weighted by molar-refractivity contribution is 7.48. The van der Waals surface area contributed by atoms with Crippen molar-refractivity contribution < 1.29 is 42.0 Å². The Labute approximate surface area is 193 Å². The molecule has 0 aromatic carbocycles. The Morgan fingerprint density at radius 1 is 1.15 bits per heavy atom. The summed E-state index contributed by atoms with van der Waals surface area (Å²) in [5.41, 5.74) is -1.54. The van der Waals surface area contributed by atoms with Crippen LogP contribution in [0.1, 0.15) is 59.7 Å². The summed E-state index contributed by atoms with van der Waals surface area (Å²) in [6.07, 6.45) is 2.24. The SMILES string of the molecule is CC(C)(C)C(=O)OCOP1(=O)OCC(C)(C)[C@H](C(=O)CCCC(=O)OCc2ncccn2)O1. The lowest BCUT2D eigenvalue weighted by Gasteiger charge is -2.39. The van der Waals surface area contributed by atoms with Gasteiger partial charge in [0.15, 0.2) is 18.2 Å². The molecule has 0 bridgehead atoms. The van der Waals surface area contributed by atoms with Crippen molar-refractivity contribution >= 4 is 25.5 Å². The molecule has 11 nitrogen and oxygen atoms in total. The number of carbonyl (C=O) groups excluding carboxylic acids is 3. The van der Waals surface area contributed by atoms with Crippen LogP contribution in [-0.2, 0) is 48.6 Å². The number of aromatic nitrogens is 2. The quantitative estimate of drug-likeness (QED) is 0.273. The molecule has 1 aliphatic heterocycles. The van der Waals surface area contributed by atoms with Crippen LogP contribution in [0.15, 0.2) is 18.5 Å². The molecule has 0 N–H and O–H groups in total. The molecule has 1 aliphatic rings. The first kappa shape index (κ1) is 27.0. The zero-order chi connectivity index (χ0) is 24.7. The van der Waals surface area contributed by atoms with Crippen LogP contribution in [0.2, 0.25) is 0 Å². The second-order valence-corrected chi connectivity index (χ2v) is 10.9. The van der Waals surface area contributed by atoms with Gasteiger partial charge >= 0.3 is 19.8 Å². The van der Waals surface area contributed by atoms with Gasteiger partial charge in [-0.3, -0.25) is 23.4 Å². The van der Waals surface area contributed by atoms with Crippen molar-refractivity contribution in [3.8, 4) is 0 Å². The van der Waals surface area contributed by atoms with E-state index in [-0.39, 0.29) is 38.3 Å². The monoisotopic (exact) mass is 486 g/mol. The Morgan fingerprint density at radius 2 is 1.82 bits per heavy atom. The maximum absolute atomic E-state index is 12.8. The molecule has 12 heteroatoms. The van der Waals surface area contributed by atoms with E-state index in [2.05, 4.69) is 9.97 Å². The maximum atomic E-state index is 12.8. The summed E-state index contributed by atoms with van der Waals surface area (Å²) >= 11 is 0. The highest BCUT2D eigenvalue weighted by Crippen LogP contribution is 2.57. The summed E-state index contributed by atoms with van der Waals surface area (Å²) in [6, 6.07) is 1.65. The smallest absolute Gasteiger partial charge is 0.457 e. The number of Topliss-reactive ketones (excluding diaryl/α,β-unsaturated/α-hetero) is 1. The summed E-state index contributed by atoms with van der Waals surface area (Å²) in [5.74, 6) is -1.01. The topological polar surface area (TPSA) is 140 Å². The van der Waals surface area contributed by atoms with E-state index in [4.69, 9.17) is 23.0 Å². The molecule has 1 unspecified atom stereocenters. The first-order chi connectivity index (χ1) is 15.3. The van der Waals surface area contributed by atoms with Crippen molar-refractivity contribution in [1.82, 2.24) is 9.97 Å². The average molecular weight is 486 g/mol. The predicted octanol–water partition coefficient (Wildman–Crippen LogP) is 3.37. The molecule has 2 rings (SSSR count). The molecule has 184 valence electrons. The molecule has 2 heterocycles. The molecule has 0 saturated carbocycles. The molecule has 2 atom stereocenters. The van der Waals surface area contributed by atoms with E-state index in [1.54, 1.807) is 53.1 Å². The number of hydrogen-bond donors (Lipinski definition) is 0. The number of nitrogens with zero attached hydrogens (tertiary/aromatic N) is 2. The minimum Gasteiger partial charge on any atom is -0.457 e. The van der Waals surface area contributed by atoms with E-state index in [9.17, 15) is 18.9 Å². The number of phosphoric ester groups is 1. The molecule has 1 aromatic heterocycles. The Morgan fingerprint density at radius 3 is 2.45 bits per heavy atom. The van der Waals surface area contributed by atoms with Crippen molar-refractivity contribution in [1.29, 1.82) is 0 Å². The van der Waals surface area contributed by atoms with Crippen LogP contribution in [0.3, 0.4) is 0 Å². The van der Waals surface area contributed by atoms with Crippen LogP contribution in [0.4, 0.5) is 0 Å². The van der Waals surface area contributed by atoms with Gasteiger partial charge in [-0.05, 0) is 33.3 Å². The predicted molar refractivity (Wildman–Crippen MR) is 114 cm³/mol. The van der Waals surface area contributed by atoms with Crippen LogP contribution in [0.5, 0.6) is 0 Å². The van der Waals surface area contributed by atoms with Crippen LogP contribution >= 0.6 is 7.82 Å². The lowest BCUT2D eigenvalue weighted by Crippen LogP contribution is -2.45. The number of rotatable bonds is 10. The minimum atomic E-state index is -4.11. The fourth-order valence-corrected chi connectivity index (χ4v) is 4.24. The van der Waals surface area contributed by atoms with Gasteiger partial charge in [-0.1, -0.05) is 13.8 Å². The highest BCUT2D eigenvalue weighted by Gasteiger charge is 2.48. The molecule has 1 saturated heterocycles. The van der Waals surface area contributed by atoms with E-state index in [0.717, 1.165) is 0 Å². The molecule has 33 heavy (non-hydrogen) atoms. The third-order valence-corrected chi connectivity index (χ3v) is 5.97. The van der Waals surface area contributed by atoms with Crippen LogP contribution in [-0.4, -0.2) is 47.2 Å². The fraction of sp³-hybridized carbons (Fsp3) is 0.667. The zero-order valence-corrected chi connectivity index (χ0v) is 20.5. The summed E-state index contributed by atoms with van der Waals surface area (Å²) in [5, 5.41) is 0. The van der Waals surface area contributed by atoms with Crippen LogP contribution in [0.25, 0.3) is 0 Å². The lowest BCUT2D eigenvalue weighted by molar-refractivity contribution is -0.163. The molecular weight excluding hydrogens is 455 g/mol. The largest absolute Gasteiger partial charge is 0.478 e. The Hall–Kier alpha value is -2.20. The second kappa shape index (κ2) is 11.3. The number of ketones is 1. The molecule has 1 aromatic rings. The van der Waals surface area contributed by atoms with Crippen molar-refractivity contribution in [2.45, 2.75) is 66.6 Å². The normalized spacial score (nSPS) is 22.4. The van der Waals surface area contributed by atoms with Crippen molar-refractivity contribution in [3.05, 3.63) is 24.3 Å². The molecule has 0 radical (unpaired) electrons. The molecule has 0 aliphatic carbocycles. The van der Waals surface area contributed by atoms with Gasteiger partial charge in [-0.25, -0.2) is 19.1 Å². The fourth-order valence-electron chi connectivity index (χ4n) is 2.71. The van der Waals surface area contributed by atoms with Crippen molar-refractivity contribution in [2.75, 3.05) is 13.4 Å². The molecule has 0 spiro atoms. The van der Waals surface area contributed by atoms with E-state index in [1.165, 1.54) is 0 Å². The van der Waals surface area contributed by atoms with E-state index in [1.807, 2.05) is 0 Å². The van der Waals surface area contributed by atoms with Gasteiger partial charge < -0.3 is 9.47 Å². The third kappa shape index (κ3) is 8.58. The minimum absolute atomic E-state index is 0.00401. The van der Waals surface area contributed by atoms with Gasteiger partial charge in [-0.15, -0.1) is 0 Å². The number of carbonyl (C=O) groups is 3. The third-order valence-electron chi connectivity index (χ3n) is 4.63. The standard InChI is InChI=1S/C21H31N2O9P/c1-20(2,3)19(26)29-14-31-33(27)30-13-21(4,5)18(32-33)15(24)8-6-9-17(25)28-12-16-22-10-7-11-23-16/h7,10-11,18H,6,8-9,12-14H2,1-5H3/t18-,33?/m0/s1. The summed E-state index contributed by atoms with van der Waals surface area (Å²) in [7, 11) is -4.11. The maximum Gasteiger partial charge on any atom is 0.478 e. The number of hydrogen-bond acceptors (Lipinski definition) is 11. The van der Waals surface area contributed by atoms with E-state index < -0.39 is 43.5 Å². The van der Waals surface area contributed by atoms with Gasteiger partial charge in [-0.2, -0.15) is 0 Å². The highest BCUT2D eigenvalue weighted by atomic mass is 31.2. The summed E-state index contributed by atoms with van der Waals surface area (Å²) in [6.45, 7) is 7.69. The van der Waals surface area contributed by atoms with Gasteiger partial charge in [0.05, 0.1) is 12.0 Å². The lowest BCUT2D eigenvalue weighted by atomic mass is 9.84. The van der Waals surface area contributed by atoms with Gasteiger partial charge in [0.2, 0.25) is 6.79 Å². The molecular formula is C21H31N2O9P. The summed E-state index contributed by atoms with van der Waals surface area (Å²) in [4.78, 5) is 44.4. The second-order valence-electron chi connectivity index (χ2n) is 9.27. The van der Waals surface area contributed by atoms with E-state index in [0.29, 0.717) is 5.82 Å². The number of esters is 2. The van der Waals surface area contributed by atoms with Crippen LogP contribution in [0, 0.1) is 10.8 Å². The number of ether oxygens (including phenoxy) is 2. The van der Waals surface area contributed by atoms with Crippen molar-refractivity contribution in [2.24, 2.45) is 10.8 Å². The van der Waals surface area contributed by atoms with Crippen molar-refractivity contribution in [3.63, 3.8) is 0 Å². The van der Waals surface area contributed by atoms with Gasteiger partial charge in [0.1, 0.15) is 6.10 Å². The molecule has 0 amide bonds. The van der Waals surface area contributed by atoms with Crippen LogP contribution < -0.4 is 0 Å². The Bertz CT molecular complexity index is 883. The zero-order valence-electron chi connectivity index (χ0n) is 19.6. The molecule has 1 fully saturated rings. The Kier molecular flexibility index (Phi) is 9.25.